The number of aliphatic hydroxyl groups excluding tert-OH is 1. The van der Waals surface area contributed by atoms with Gasteiger partial charge in [0.05, 0.1) is 28.9 Å². The maximum Gasteiger partial charge on any atom is 0.301 e. The standard InChI is InChI=1S/C27H21FN2O4S/c1-14-11-15(2)22-20(12-14)35-27(29-22)30-23(17-5-4-6-18(28)13-17)21(25(32)26(30)33)24(31)16-7-9-19(34-3)10-8-16/h4-13,23,31H,1-3H3. The molecule has 1 N–H and O–H groups in total. The van der Waals surface area contributed by atoms with Crippen molar-refractivity contribution in [3.63, 3.8) is 0 Å². The van der Waals surface area contributed by atoms with Crippen molar-refractivity contribution in [2.75, 3.05) is 12.0 Å². The molecule has 8 heteroatoms. The van der Waals surface area contributed by atoms with Crippen molar-refractivity contribution >= 4 is 44.1 Å². The van der Waals surface area contributed by atoms with Gasteiger partial charge in [-0.3, -0.25) is 14.5 Å². The van der Waals surface area contributed by atoms with Crippen molar-refractivity contribution in [2.24, 2.45) is 0 Å². The Morgan fingerprint density at radius 3 is 2.51 bits per heavy atom. The van der Waals surface area contributed by atoms with Crippen molar-refractivity contribution in [3.05, 3.63) is 94.3 Å². The van der Waals surface area contributed by atoms with Crippen LogP contribution in [0.5, 0.6) is 5.75 Å². The number of Topliss-reactive ketones (excluding diaryl/α,β-unsaturated/α-hetero) is 1. The molecular formula is C27H21FN2O4S. The number of hydrogen-bond acceptors (Lipinski definition) is 6. The number of hydrogen-bond donors (Lipinski definition) is 1. The highest BCUT2D eigenvalue weighted by atomic mass is 32.1. The molecule has 1 amide bonds. The Morgan fingerprint density at radius 1 is 1.09 bits per heavy atom. The summed E-state index contributed by atoms with van der Waals surface area (Å²) in [5.41, 5.74) is 3.28. The van der Waals surface area contributed by atoms with Gasteiger partial charge < -0.3 is 9.84 Å². The first-order valence-corrected chi connectivity index (χ1v) is 11.7. The molecule has 1 atom stereocenters. The predicted octanol–water partition coefficient (Wildman–Crippen LogP) is 5.69. The van der Waals surface area contributed by atoms with Crippen LogP contribution in [0.4, 0.5) is 9.52 Å². The van der Waals surface area contributed by atoms with Crippen LogP contribution in [0.2, 0.25) is 0 Å². The first kappa shape index (κ1) is 22.7. The fourth-order valence-corrected chi connectivity index (χ4v) is 5.56. The van der Waals surface area contributed by atoms with E-state index < -0.39 is 23.5 Å². The van der Waals surface area contributed by atoms with Crippen LogP contribution in [-0.4, -0.2) is 28.9 Å². The van der Waals surface area contributed by atoms with E-state index in [1.54, 1.807) is 30.3 Å². The number of carbonyl (C=O) groups excluding carboxylic acids is 2. The molecule has 1 saturated heterocycles. The van der Waals surface area contributed by atoms with Crippen LogP contribution >= 0.6 is 11.3 Å². The summed E-state index contributed by atoms with van der Waals surface area (Å²) in [6, 6.07) is 15.0. The summed E-state index contributed by atoms with van der Waals surface area (Å²) < 4.78 is 20.3. The SMILES string of the molecule is COc1ccc(C(O)=C2C(=O)C(=O)N(c3nc4c(C)cc(C)cc4s3)C2c2cccc(F)c2)cc1. The number of carbonyl (C=O) groups is 2. The second-order valence-electron chi connectivity index (χ2n) is 8.38. The van der Waals surface area contributed by atoms with Crippen molar-refractivity contribution in [1.29, 1.82) is 0 Å². The Balaban J connectivity index is 1.73. The number of rotatable bonds is 4. The van der Waals surface area contributed by atoms with Crippen LogP contribution < -0.4 is 9.64 Å². The predicted molar refractivity (Wildman–Crippen MR) is 133 cm³/mol. The maximum absolute atomic E-state index is 14.2. The van der Waals surface area contributed by atoms with E-state index in [2.05, 4.69) is 4.98 Å². The Hall–Kier alpha value is -4.04. The van der Waals surface area contributed by atoms with Gasteiger partial charge in [-0.1, -0.05) is 29.5 Å². The van der Waals surface area contributed by atoms with Gasteiger partial charge in [0, 0.05) is 5.56 Å². The molecule has 1 aromatic heterocycles. The van der Waals surface area contributed by atoms with Gasteiger partial charge in [-0.2, -0.15) is 0 Å². The molecule has 1 aliphatic rings. The van der Waals surface area contributed by atoms with E-state index in [0.717, 1.165) is 21.3 Å². The maximum atomic E-state index is 14.2. The smallest absolute Gasteiger partial charge is 0.301 e. The minimum Gasteiger partial charge on any atom is -0.507 e. The van der Waals surface area contributed by atoms with Gasteiger partial charge in [-0.25, -0.2) is 9.37 Å². The number of benzene rings is 3. The van der Waals surface area contributed by atoms with Crippen LogP contribution in [0.3, 0.4) is 0 Å². The topological polar surface area (TPSA) is 79.7 Å². The van der Waals surface area contributed by atoms with E-state index in [1.165, 1.54) is 41.5 Å². The molecule has 0 spiro atoms. The van der Waals surface area contributed by atoms with Crippen LogP contribution in [0, 0.1) is 19.7 Å². The lowest BCUT2D eigenvalue weighted by atomic mass is 9.95. The Labute approximate surface area is 204 Å². The normalized spacial score (nSPS) is 17.4. The number of anilines is 1. The van der Waals surface area contributed by atoms with Crippen LogP contribution in [0.25, 0.3) is 16.0 Å². The zero-order valence-electron chi connectivity index (χ0n) is 19.2. The van der Waals surface area contributed by atoms with E-state index >= 15 is 0 Å². The molecule has 2 heterocycles. The van der Waals surface area contributed by atoms with E-state index in [4.69, 9.17) is 4.74 Å². The number of ketones is 1. The Bertz CT molecular complexity index is 1520. The number of methoxy groups -OCH3 is 1. The molecular weight excluding hydrogens is 467 g/mol. The first-order valence-electron chi connectivity index (χ1n) is 10.9. The van der Waals surface area contributed by atoms with Gasteiger partial charge in [0.2, 0.25) is 0 Å². The summed E-state index contributed by atoms with van der Waals surface area (Å²) in [4.78, 5) is 32.5. The van der Waals surface area contributed by atoms with Crippen molar-refractivity contribution in [3.8, 4) is 5.75 Å². The van der Waals surface area contributed by atoms with Crippen LogP contribution in [0.15, 0.2) is 66.2 Å². The Kier molecular flexibility index (Phi) is 5.61. The molecule has 4 aromatic rings. The molecule has 35 heavy (non-hydrogen) atoms. The molecule has 0 aliphatic carbocycles. The van der Waals surface area contributed by atoms with Gasteiger partial charge in [0.25, 0.3) is 5.78 Å². The minimum atomic E-state index is -1.05. The number of fused-ring (bicyclic) bond motifs is 1. The first-order chi connectivity index (χ1) is 16.8. The summed E-state index contributed by atoms with van der Waals surface area (Å²) in [5, 5.41) is 11.5. The van der Waals surface area contributed by atoms with Gasteiger partial charge in [0.15, 0.2) is 5.13 Å². The zero-order valence-corrected chi connectivity index (χ0v) is 20.0. The summed E-state index contributed by atoms with van der Waals surface area (Å²) in [6.45, 7) is 3.90. The summed E-state index contributed by atoms with van der Waals surface area (Å²) >= 11 is 1.27. The molecule has 3 aromatic carbocycles. The van der Waals surface area contributed by atoms with Gasteiger partial charge in [-0.05, 0) is 73.0 Å². The Morgan fingerprint density at radius 2 is 1.83 bits per heavy atom. The third-order valence-electron chi connectivity index (χ3n) is 6.00. The monoisotopic (exact) mass is 488 g/mol. The fraction of sp³-hybridized carbons (Fsp3) is 0.148. The number of aryl methyl sites for hydroxylation is 2. The third kappa shape index (κ3) is 3.85. The van der Waals surface area contributed by atoms with Gasteiger partial charge >= 0.3 is 5.91 Å². The van der Waals surface area contributed by atoms with Crippen molar-refractivity contribution < 1.29 is 23.8 Å². The van der Waals surface area contributed by atoms with Gasteiger partial charge in [0.1, 0.15) is 17.3 Å². The fourth-order valence-electron chi connectivity index (χ4n) is 4.39. The average Bonchev–Trinajstić information content (AvgIpc) is 3.37. The van der Waals surface area contributed by atoms with E-state index in [1.807, 2.05) is 26.0 Å². The quantitative estimate of drug-likeness (QED) is 0.227. The lowest BCUT2D eigenvalue weighted by Crippen LogP contribution is -2.29. The molecule has 5 rings (SSSR count). The molecule has 0 radical (unpaired) electrons. The van der Waals surface area contributed by atoms with Crippen molar-refractivity contribution in [2.45, 2.75) is 19.9 Å². The lowest BCUT2D eigenvalue weighted by Gasteiger charge is -2.23. The zero-order chi connectivity index (χ0) is 24.9. The lowest BCUT2D eigenvalue weighted by molar-refractivity contribution is -0.132. The van der Waals surface area contributed by atoms with E-state index in [-0.39, 0.29) is 11.3 Å². The average molecular weight is 489 g/mol. The number of aromatic nitrogens is 1. The molecule has 6 nitrogen and oxygen atoms in total. The number of amides is 1. The number of thiazole rings is 1. The highest BCUT2D eigenvalue weighted by molar-refractivity contribution is 7.22. The largest absolute Gasteiger partial charge is 0.507 e. The van der Waals surface area contributed by atoms with E-state index in [0.29, 0.717) is 22.0 Å². The molecule has 176 valence electrons. The number of aliphatic hydroxyl groups is 1. The van der Waals surface area contributed by atoms with Gasteiger partial charge in [-0.15, -0.1) is 0 Å². The molecule has 1 unspecified atom stereocenters. The molecule has 0 bridgehead atoms. The van der Waals surface area contributed by atoms with Crippen LogP contribution in [-0.2, 0) is 9.59 Å². The summed E-state index contributed by atoms with van der Waals surface area (Å²) in [6.07, 6.45) is 0. The summed E-state index contributed by atoms with van der Waals surface area (Å²) in [5.74, 6) is -1.99. The van der Waals surface area contributed by atoms with Crippen LogP contribution in [0.1, 0.15) is 28.3 Å². The third-order valence-corrected chi connectivity index (χ3v) is 7.00. The molecule has 1 fully saturated rings. The van der Waals surface area contributed by atoms with E-state index in [9.17, 15) is 19.1 Å². The van der Waals surface area contributed by atoms with Crippen molar-refractivity contribution in [1.82, 2.24) is 4.98 Å². The second-order valence-corrected chi connectivity index (χ2v) is 9.39. The number of nitrogens with zero attached hydrogens (tertiary/aromatic N) is 2. The second kappa shape index (κ2) is 8.63. The number of ether oxygens (including phenoxy) is 1. The minimum absolute atomic E-state index is 0.127. The molecule has 0 saturated carbocycles. The number of halogens is 1. The highest BCUT2D eigenvalue weighted by Gasteiger charge is 2.48. The highest BCUT2D eigenvalue weighted by Crippen LogP contribution is 2.44. The summed E-state index contributed by atoms with van der Waals surface area (Å²) in [7, 11) is 1.52. The molecule has 1 aliphatic heterocycles.